The van der Waals surface area contributed by atoms with Crippen LogP contribution in [0.1, 0.15) is 65.7 Å². The first kappa shape index (κ1) is 22.7. The third-order valence-corrected chi connectivity index (χ3v) is 5.41. The first-order chi connectivity index (χ1) is 14.7. The number of hydrogen-bond donors (Lipinski definition) is 0. The molecule has 1 aromatic heterocycles. The van der Waals surface area contributed by atoms with Crippen LogP contribution in [0, 0.1) is 5.41 Å². The van der Waals surface area contributed by atoms with E-state index in [4.69, 9.17) is 4.98 Å². The second-order valence-electron chi connectivity index (χ2n) is 9.32. The molecule has 0 aliphatic carbocycles. The van der Waals surface area contributed by atoms with Gasteiger partial charge < -0.3 is 4.90 Å². The van der Waals surface area contributed by atoms with Crippen molar-refractivity contribution in [2.24, 2.45) is 5.41 Å². The predicted octanol–water partition coefficient (Wildman–Crippen LogP) is 5.51. The lowest BCUT2D eigenvalue weighted by molar-refractivity contribution is -0.135. The van der Waals surface area contributed by atoms with Crippen LogP contribution in [-0.4, -0.2) is 26.9 Å². The summed E-state index contributed by atoms with van der Waals surface area (Å²) in [5, 5.41) is 0.573. The van der Waals surface area contributed by atoms with E-state index in [1.54, 1.807) is 10.6 Å². The van der Waals surface area contributed by atoms with Crippen molar-refractivity contribution in [3.8, 4) is 5.69 Å². The van der Waals surface area contributed by atoms with Crippen molar-refractivity contribution in [3.63, 3.8) is 0 Å². The number of amides is 1. The largest absolute Gasteiger partial charge is 0.333 e. The molecule has 0 fully saturated rings. The van der Waals surface area contributed by atoms with Crippen LogP contribution in [0.25, 0.3) is 16.6 Å². The standard InChI is InChI=1S/C26H33N3O2/c1-6-7-17-28(23(30)18-26(3,4)5)19(2)24-27-22-16-12-11-15-21(22)25(31)29(24)20-13-9-8-10-14-20/h8-16,19H,6-7,17-18H2,1-5H3. The van der Waals surface area contributed by atoms with E-state index >= 15 is 0 Å². The SMILES string of the molecule is CCCCN(C(=O)CC(C)(C)C)C(C)c1nc2ccccc2c(=O)n1-c1ccccc1. The highest BCUT2D eigenvalue weighted by molar-refractivity contribution is 5.79. The van der Waals surface area contributed by atoms with E-state index in [1.807, 2.05) is 60.4 Å². The zero-order valence-corrected chi connectivity index (χ0v) is 19.3. The molecule has 0 aliphatic rings. The van der Waals surface area contributed by atoms with E-state index in [9.17, 15) is 9.59 Å². The van der Waals surface area contributed by atoms with E-state index in [2.05, 4.69) is 27.7 Å². The summed E-state index contributed by atoms with van der Waals surface area (Å²) in [6.45, 7) is 11.0. The summed E-state index contributed by atoms with van der Waals surface area (Å²) >= 11 is 0. The summed E-state index contributed by atoms with van der Waals surface area (Å²) < 4.78 is 1.66. The van der Waals surface area contributed by atoms with Gasteiger partial charge in [0.05, 0.1) is 22.6 Å². The summed E-state index contributed by atoms with van der Waals surface area (Å²) in [6.07, 6.45) is 2.34. The number of rotatable bonds is 7. The highest BCUT2D eigenvalue weighted by atomic mass is 16.2. The number of para-hydroxylation sites is 2. The van der Waals surface area contributed by atoms with E-state index < -0.39 is 0 Å². The Kier molecular flexibility index (Phi) is 6.94. The Morgan fingerprint density at radius 3 is 2.35 bits per heavy atom. The molecule has 0 radical (unpaired) electrons. The van der Waals surface area contributed by atoms with Gasteiger partial charge in [-0.1, -0.05) is 64.4 Å². The van der Waals surface area contributed by atoms with Gasteiger partial charge in [0.2, 0.25) is 5.91 Å². The molecule has 5 nitrogen and oxygen atoms in total. The van der Waals surface area contributed by atoms with Gasteiger partial charge in [-0.25, -0.2) is 4.98 Å². The number of carbonyl (C=O) groups excluding carboxylic acids is 1. The lowest BCUT2D eigenvalue weighted by Crippen LogP contribution is -2.39. The molecule has 3 rings (SSSR count). The van der Waals surface area contributed by atoms with Crippen molar-refractivity contribution in [3.05, 3.63) is 70.8 Å². The Morgan fingerprint density at radius 2 is 1.71 bits per heavy atom. The second-order valence-corrected chi connectivity index (χ2v) is 9.32. The second kappa shape index (κ2) is 9.46. The molecule has 5 heteroatoms. The van der Waals surface area contributed by atoms with E-state index in [0.29, 0.717) is 29.7 Å². The van der Waals surface area contributed by atoms with Crippen LogP contribution in [0.5, 0.6) is 0 Å². The van der Waals surface area contributed by atoms with Crippen LogP contribution in [0.4, 0.5) is 0 Å². The monoisotopic (exact) mass is 419 g/mol. The Balaban J connectivity index is 2.18. The summed E-state index contributed by atoms with van der Waals surface area (Å²) in [7, 11) is 0. The number of nitrogens with zero attached hydrogens (tertiary/aromatic N) is 3. The minimum Gasteiger partial charge on any atom is -0.333 e. The minimum atomic E-state index is -0.334. The molecule has 2 aromatic carbocycles. The normalized spacial score (nSPS) is 12.7. The number of hydrogen-bond acceptors (Lipinski definition) is 3. The minimum absolute atomic E-state index is 0.0930. The fourth-order valence-electron chi connectivity index (χ4n) is 3.81. The molecule has 1 unspecified atom stereocenters. The highest BCUT2D eigenvalue weighted by Gasteiger charge is 2.28. The lowest BCUT2D eigenvalue weighted by Gasteiger charge is -2.32. The maximum Gasteiger partial charge on any atom is 0.266 e. The number of carbonyl (C=O) groups is 1. The molecule has 1 heterocycles. The fourth-order valence-corrected chi connectivity index (χ4v) is 3.81. The summed E-state index contributed by atoms with van der Waals surface area (Å²) in [4.78, 5) is 33.6. The molecule has 164 valence electrons. The third-order valence-electron chi connectivity index (χ3n) is 5.41. The van der Waals surface area contributed by atoms with Gasteiger partial charge >= 0.3 is 0 Å². The lowest BCUT2D eigenvalue weighted by atomic mass is 9.91. The number of fused-ring (bicyclic) bond motifs is 1. The van der Waals surface area contributed by atoms with Gasteiger partial charge in [-0.05, 0) is 43.0 Å². The molecule has 1 atom stereocenters. The Bertz CT molecular complexity index is 1100. The van der Waals surface area contributed by atoms with Gasteiger partial charge in [0.1, 0.15) is 5.82 Å². The average molecular weight is 420 g/mol. The Labute approximate surface area is 184 Å². The zero-order chi connectivity index (χ0) is 22.6. The van der Waals surface area contributed by atoms with Gasteiger partial charge in [0.25, 0.3) is 5.56 Å². The van der Waals surface area contributed by atoms with E-state index in [-0.39, 0.29) is 22.9 Å². The molecular formula is C26H33N3O2. The van der Waals surface area contributed by atoms with E-state index in [0.717, 1.165) is 18.5 Å². The van der Waals surface area contributed by atoms with Gasteiger partial charge in [-0.2, -0.15) is 0 Å². The molecule has 0 saturated heterocycles. The van der Waals surface area contributed by atoms with Crippen molar-refractivity contribution in [1.82, 2.24) is 14.5 Å². The molecule has 0 spiro atoms. The average Bonchev–Trinajstić information content (AvgIpc) is 2.73. The smallest absolute Gasteiger partial charge is 0.266 e. The van der Waals surface area contributed by atoms with Crippen LogP contribution in [-0.2, 0) is 4.79 Å². The first-order valence-electron chi connectivity index (χ1n) is 11.1. The molecule has 0 bridgehead atoms. The van der Waals surface area contributed by atoms with Crippen LogP contribution in [0.15, 0.2) is 59.4 Å². The molecule has 31 heavy (non-hydrogen) atoms. The van der Waals surface area contributed by atoms with Crippen LogP contribution in [0.3, 0.4) is 0 Å². The van der Waals surface area contributed by atoms with Gasteiger partial charge in [-0.15, -0.1) is 0 Å². The number of unbranched alkanes of at least 4 members (excludes halogenated alkanes) is 1. The Morgan fingerprint density at radius 1 is 1.06 bits per heavy atom. The van der Waals surface area contributed by atoms with Gasteiger partial charge in [0.15, 0.2) is 0 Å². The summed E-state index contributed by atoms with van der Waals surface area (Å²) in [5.41, 5.74) is 1.18. The first-order valence-corrected chi connectivity index (χ1v) is 11.1. The molecule has 0 aliphatic heterocycles. The number of benzene rings is 2. The van der Waals surface area contributed by atoms with E-state index in [1.165, 1.54) is 0 Å². The summed E-state index contributed by atoms with van der Waals surface area (Å²) in [6, 6.07) is 16.6. The van der Waals surface area contributed by atoms with Crippen molar-refractivity contribution in [1.29, 1.82) is 0 Å². The zero-order valence-electron chi connectivity index (χ0n) is 19.3. The van der Waals surface area contributed by atoms with Crippen LogP contribution in [0.2, 0.25) is 0 Å². The molecule has 0 N–H and O–H groups in total. The Hall–Kier alpha value is -2.95. The third kappa shape index (κ3) is 5.22. The maximum atomic E-state index is 13.5. The van der Waals surface area contributed by atoms with Crippen molar-refractivity contribution in [2.75, 3.05) is 6.54 Å². The number of aromatic nitrogens is 2. The predicted molar refractivity (Wildman–Crippen MR) is 126 cm³/mol. The fraction of sp³-hybridized carbons (Fsp3) is 0.423. The van der Waals surface area contributed by atoms with Crippen molar-refractivity contribution < 1.29 is 4.79 Å². The van der Waals surface area contributed by atoms with Gasteiger partial charge in [0, 0.05) is 13.0 Å². The topological polar surface area (TPSA) is 55.2 Å². The molecule has 1 amide bonds. The summed E-state index contributed by atoms with van der Waals surface area (Å²) in [5.74, 6) is 0.684. The van der Waals surface area contributed by atoms with Gasteiger partial charge in [-0.3, -0.25) is 14.2 Å². The van der Waals surface area contributed by atoms with Crippen molar-refractivity contribution >= 4 is 16.8 Å². The van der Waals surface area contributed by atoms with Crippen molar-refractivity contribution in [2.45, 2.75) is 59.9 Å². The molecule has 3 aromatic rings. The molecular weight excluding hydrogens is 386 g/mol. The quantitative estimate of drug-likeness (QED) is 0.507. The van der Waals surface area contributed by atoms with Crippen LogP contribution >= 0.6 is 0 Å². The highest BCUT2D eigenvalue weighted by Crippen LogP contribution is 2.27. The van der Waals surface area contributed by atoms with Crippen LogP contribution < -0.4 is 5.56 Å². The maximum absolute atomic E-state index is 13.5. The molecule has 0 saturated carbocycles.